The first-order valence-corrected chi connectivity index (χ1v) is 9.89. The van der Waals surface area contributed by atoms with E-state index in [1.807, 2.05) is 53.1 Å². The first-order valence-electron chi connectivity index (χ1n) is 9.89. The molecule has 1 saturated heterocycles. The molecule has 148 valence electrons. The smallest absolute Gasteiger partial charge is 0.326 e. The summed E-state index contributed by atoms with van der Waals surface area (Å²) in [5.41, 5.74) is 4.10. The van der Waals surface area contributed by atoms with Crippen molar-refractivity contribution in [3.05, 3.63) is 48.5 Å². The van der Waals surface area contributed by atoms with Crippen LogP contribution in [0.25, 0.3) is 33.1 Å². The predicted molar refractivity (Wildman–Crippen MR) is 111 cm³/mol. The third-order valence-corrected chi connectivity index (χ3v) is 5.32. The van der Waals surface area contributed by atoms with Gasteiger partial charge in [0.2, 0.25) is 0 Å². The maximum Gasteiger partial charge on any atom is 0.326 e. The summed E-state index contributed by atoms with van der Waals surface area (Å²) < 4.78 is 12.8. The molecule has 29 heavy (non-hydrogen) atoms. The van der Waals surface area contributed by atoms with E-state index < -0.39 is 0 Å². The molecule has 0 aliphatic carbocycles. The van der Waals surface area contributed by atoms with Crippen LogP contribution >= 0.6 is 0 Å². The second-order valence-electron chi connectivity index (χ2n) is 7.16. The van der Waals surface area contributed by atoms with Gasteiger partial charge >= 0.3 is 5.97 Å². The highest BCUT2D eigenvalue weighted by Gasteiger charge is 2.17. The molecule has 0 amide bonds. The Morgan fingerprint density at radius 1 is 1.00 bits per heavy atom. The van der Waals surface area contributed by atoms with Crippen molar-refractivity contribution in [2.24, 2.45) is 0 Å². The van der Waals surface area contributed by atoms with Gasteiger partial charge in [0.05, 0.1) is 29.8 Å². The van der Waals surface area contributed by atoms with Crippen LogP contribution in [-0.4, -0.2) is 64.9 Å². The number of morpholine rings is 1. The van der Waals surface area contributed by atoms with E-state index in [0.29, 0.717) is 12.3 Å². The SMILES string of the molecule is O=C(Cn1c2ccccc2c2nc3ccccc3nc21)OCCN1CCOCC1. The van der Waals surface area contributed by atoms with Crippen LogP contribution in [0.5, 0.6) is 0 Å². The molecule has 0 radical (unpaired) electrons. The van der Waals surface area contributed by atoms with Crippen molar-refractivity contribution in [2.45, 2.75) is 6.54 Å². The number of para-hydroxylation sites is 3. The maximum absolute atomic E-state index is 12.6. The fourth-order valence-electron chi connectivity index (χ4n) is 3.83. The molecule has 3 heterocycles. The van der Waals surface area contributed by atoms with Gasteiger partial charge < -0.3 is 14.0 Å². The van der Waals surface area contributed by atoms with Crippen molar-refractivity contribution in [2.75, 3.05) is 39.5 Å². The summed E-state index contributed by atoms with van der Waals surface area (Å²) in [6.45, 7) is 4.46. The van der Waals surface area contributed by atoms with Crippen LogP contribution in [0.1, 0.15) is 0 Å². The number of esters is 1. The fraction of sp³-hybridized carbons (Fsp3) is 0.318. The molecule has 7 nitrogen and oxygen atoms in total. The van der Waals surface area contributed by atoms with Crippen LogP contribution in [0.3, 0.4) is 0 Å². The molecule has 2 aromatic carbocycles. The number of carbonyl (C=O) groups is 1. The second-order valence-corrected chi connectivity index (χ2v) is 7.16. The van der Waals surface area contributed by atoms with Crippen LogP contribution in [0.2, 0.25) is 0 Å². The lowest BCUT2D eigenvalue weighted by Crippen LogP contribution is -2.38. The Bertz CT molecular complexity index is 1180. The molecule has 0 spiro atoms. The van der Waals surface area contributed by atoms with Gasteiger partial charge in [-0.25, -0.2) is 9.97 Å². The Balaban J connectivity index is 1.42. The van der Waals surface area contributed by atoms with E-state index in [1.165, 1.54) is 0 Å². The number of nitrogens with zero attached hydrogens (tertiary/aromatic N) is 4. The lowest BCUT2D eigenvalue weighted by molar-refractivity contribution is -0.144. The number of benzene rings is 2. The molecule has 1 fully saturated rings. The summed E-state index contributed by atoms with van der Waals surface area (Å²) in [4.78, 5) is 24.4. The zero-order valence-corrected chi connectivity index (χ0v) is 16.1. The molecule has 0 saturated carbocycles. The van der Waals surface area contributed by atoms with Gasteiger partial charge in [-0.15, -0.1) is 0 Å². The number of carbonyl (C=O) groups excluding carboxylic acids is 1. The van der Waals surface area contributed by atoms with E-state index in [0.717, 1.165) is 60.3 Å². The first kappa shape index (κ1) is 18.0. The van der Waals surface area contributed by atoms with Gasteiger partial charge in [0.15, 0.2) is 5.65 Å². The first-order chi connectivity index (χ1) is 14.3. The standard InChI is InChI=1S/C22H22N4O3/c27-20(29-14-11-25-9-12-28-13-10-25)15-26-19-8-4-1-5-16(19)21-22(26)24-18-7-3-2-6-17(18)23-21/h1-8H,9-15H2. The zero-order chi connectivity index (χ0) is 19.6. The molecule has 2 aromatic heterocycles. The highest BCUT2D eigenvalue weighted by atomic mass is 16.5. The zero-order valence-electron chi connectivity index (χ0n) is 16.1. The average molecular weight is 390 g/mol. The lowest BCUT2D eigenvalue weighted by Gasteiger charge is -2.26. The minimum atomic E-state index is -0.268. The van der Waals surface area contributed by atoms with Crippen molar-refractivity contribution in [1.82, 2.24) is 19.4 Å². The van der Waals surface area contributed by atoms with Gasteiger partial charge in [-0.3, -0.25) is 9.69 Å². The molecule has 5 rings (SSSR count). The van der Waals surface area contributed by atoms with Gasteiger partial charge in [0.1, 0.15) is 18.7 Å². The van der Waals surface area contributed by atoms with Gasteiger partial charge in [-0.05, 0) is 18.2 Å². The second kappa shape index (κ2) is 7.77. The molecule has 1 aliphatic heterocycles. The summed E-state index contributed by atoms with van der Waals surface area (Å²) in [6, 6.07) is 15.7. The number of ether oxygens (including phenoxy) is 2. The fourth-order valence-corrected chi connectivity index (χ4v) is 3.83. The average Bonchev–Trinajstić information content (AvgIpc) is 3.06. The minimum absolute atomic E-state index is 0.111. The maximum atomic E-state index is 12.6. The monoisotopic (exact) mass is 390 g/mol. The molecule has 1 aliphatic rings. The van der Waals surface area contributed by atoms with Crippen molar-refractivity contribution >= 4 is 39.1 Å². The normalized spacial score (nSPS) is 15.3. The summed E-state index contributed by atoms with van der Waals surface area (Å²) in [7, 11) is 0. The number of rotatable bonds is 5. The van der Waals surface area contributed by atoms with Gasteiger partial charge in [0.25, 0.3) is 0 Å². The van der Waals surface area contributed by atoms with Gasteiger partial charge in [0, 0.05) is 25.0 Å². The Hall–Kier alpha value is -3.03. The summed E-state index contributed by atoms with van der Waals surface area (Å²) in [6.07, 6.45) is 0. The third-order valence-electron chi connectivity index (χ3n) is 5.32. The molecule has 7 heteroatoms. The van der Waals surface area contributed by atoms with Crippen LogP contribution in [-0.2, 0) is 20.8 Å². The highest BCUT2D eigenvalue weighted by Crippen LogP contribution is 2.28. The van der Waals surface area contributed by atoms with E-state index in [4.69, 9.17) is 19.4 Å². The summed E-state index contributed by atoms with van der Waals surface area (Å²) in [5, 5.41) is 0.988. The molecule has 4 aromatic rings. The third kappa shape index (κ3) is 3.54. The van der Waals surface area contributed by atoms with Crippen LogP contribution in [0, 0.1) is 0 Å². The van der Waals surface area contributed by atoms with Crippen molar-refractivity contribution in [3.8, 4) is 0 Å². The van der Waals surface area contributed by atoms with Crippen molar-refractivity contribution in [1.29, 1.82) is 0 Å². The number of hydrogen-bond acceptors (Lipinski definition) is 6. The molecule has 0 bridgehead atoms. The van der Waals surface area contributed by atoms with Crippen LogP contribution in [0.15, 0.2) is 48.5 Å². The van der Waals surface area contributed by atoms with Crippen LogP contribution in [0.4, 0.5) is 0 Å². The number of aromatic nitrogens is 3. The molecular formula is C22H22N4O3. The molecule has 0 atom stereocenters. The lowest BCUT2D eigenvalue weighted by atomic mass is 10.2. The Labute approximate surface area is 167 Å². The summed E-state index contributed by atoms with van der Waals surface area (Å²) in [5.74, 6) is -0.268. The van der Waals surface area contributed by atoms with Crippen molar-refractivity contribution in [3.63, 3.8) is 0 Å². The van der Waals surface area contributed by atoms with Crippen molar-refractivity contribution < 1.29 is 14.3 Å². The number of fused-ring (bicyclic) bond motifs is 4. The Morgan fingerprint density at radius 3 is 2.55 bits per heavy atom. The molecule has 0 unspecified atom stereocenters. The van der Waals surface area contributed by atoms with E-state index in [2.05, 4.69) is 4.90 Å². The largest absolute Gasteiger partial charge is 0.463 e. The van der Waals surface area contributed by atoms with Gasteiger partial charge in [-0.2, -0.15) is 0 Å². The van der Waals surface area contributed by atoms with E-state index >= 15 is 0 Å². The molecular weight excluding hydrogens is 368 g/mol. The van der Waals surface area contributed by atoms with E-state index in [1.54, 1.807) is 0 Å². The van der Waals surface area contributed by atoms with E-state index in [-0.39, 0.29) is 12.5 Å². The molecule has 0 N–H and O–H groups in total. The topological polar surface area (TPSA) is 69.5 Å². The Morgan fingerprint density at radius 2 is 1.72 bits per heavy atom. The Kier molecular flexibility index (Phi) is 4.83. The number of hydrogen-bond donors (Lipinski definition) is 0. The van der Waals surface area contributed by atoms with Crippen LogP contribution < -0.4 is 0 Å². The minimum Gasteiger partial charge on any atom is -0.463 e. The summed E-state index contributed by atoms with van der Waals surface area (Å²) >= 11 is 0. The quantitative estimate of drug-likeness (QED) is 0.488. The van der Waals surface area contributed by atoms with Gasteiger partial charge in [-0.1, -0.05) is 30.3 Å². The van der Waals surface area contributed by atoms with E-state index in [9.17, 15) is 4.79 Å². The highest BCUT2D eigenvalue weighted by molar-refractivity contribution is 6.06. The predicted octanol–water partition coefficient (Wildman–Crippen LogP) is 2.61.